The maximum absolute atomic E-state index is 13.0. The van der Waals surface area contributed by atoms with Crippen LogP contribution in [-0.2, 0) is 16.4 Å². The van der Waals surface area contributed by atoms with Gasteiger partial charge >= 0.3 is 0 Å². The average Bonchev–Trinajstić information content (AvgIpc) is 2.99. The van der Waals surface area contributed by atoms with E-state index in [1.54, 1.807) is 0 Å². The zero-order chi connectivity index (χ0) is 17.5. The summed E-state index contributed by atoms with van der Waals surface area (Å²) in [7, 11) is -3.11. The van der Waals surface area contributed by atoms with Crippen LogP contribution in [0.1, 0.15) is 26.5 Å². The number of hydrogen-bond acceptors (Lipinski definition) is 5. The summed E-state index contributed by atoms with van der Waals surface area (Å²) in [5.74, 6) is -1.64. The van der Waals surface area contributed by atoms with Gasteiger partial charge in [-0.3, -0.25) is 9.59 Å². The molecule has 1 aromatic carbocycles. The van der Waals surface area contributed by atoms with Crippen molar-refractivity contribution in [2.45, 2.75) is 11.3 Å². The van der Waals surface area contributed by atoms with Crippen LogP contribution in [0.25, 0.3) is 0 Å². The third-order valence-corrected chi connectivity index (χ3v) is 5.48. The van der Waals surface area contributed by atoms with Gasteiger partial charge in [-0.05, 0) is 24.3 Å². The van der Waals surface area contributed by atoms with Crippen molar-refractivity contribution in [3.63, 3.8) is 0 Å². The molecule has 3 rings (SSSR count). The Morgan fingerprint density at radius 3 is 2.62 bits per heavy atom. The first-order valence-corrected chi connectivity index (χ1v) is 8.44. The van der Waals surface area contributed by atoms with Gasteiger partial charge in [0.2, 0.25) is 0 Å². The van der Waals surface area contributed by atoms with E-state index in [1.165, 1.54) is 0 Å². The molecule has 1 aromatic heterocycles. The van der Waals surface area contributed by atoms with Crippen molar-refractivity contribution in [3.05, 3.63) is 53.2 Å². The molecule has 2 aromatic rings. The van der Waals surface area contributed by atoms with Crippen molar-refractivity contribution >= 4 is 21.8 Å². The fourth-order valence-corrected chi connectivity index (χ4v) is 3.52. The molecule has 126 valence electrons. The molecule has 0 aliphatic carbocycles. The van der Waals surface area contributed by atoms with Gasteiger partial charge in [-0.25, -0.2) is 17.1 Å². The number of benzene rings is 1. The maximum Gasteiger partial charge on any atom is 0.271 e. The number of amides is 2. The van der Waals surface area contributed by atoms with Crippen molar-refractivity contribution < 1.29 is 26.8 Å². The largest absolute Gasteiger partial charge is 0.468 e. The quantitative estimate of drug-likeness (QED) is 0.894. The standard InChI is InChI=1S/C15H13FN2O5S/c1-18(24(21,22)10-4-2-9(16)3-5-10)15(20)11-8-23-12-6-7-17-14(19)13(11)12/h2-5,8H,6-7H2,1H3,(H,17,19). The Morgan fingerprint density at radius 2 is 1.96 bits per heavy atom. The second kappa shape index (κ2) is 5.75. The second-order valence-corrected chi connectivity index (χ2v) is 7.15. The number of hydrogen-bond donors (Lipinski definition) is 1. The smallest absolute Gasteiger partial charge is 0.271 e. The van der Waals surface area contributed by atoms with Gasteiger partial charge < -0.3 is 9.73 Å². The van der Waals surface area contributed by atoms with Gasteiger partial charge in [0.15, 0.2) is 0 Å². The molecule has 7 nitrogen and oxygen atoms in total. The average molecular weight is 352 g/mol. The van der Waals surface area contributed by atoms with Crippen LogP contribution < -0.4 is 5.32 Å². The summed E-state index contributed by atoms with van der Waals surface area (Å²) < 4.78 is 43.6. The Bertz CT molecular complexity index is 918. The first kappa shape index (κ1) is 16.2. The van der Waals surface area contributed by atoms with Crippen LogP contribution in [0.2, 0.25) is 0 Å². The third-order valence-electron chi connectivity index (χ3n) is 3.72. The second-order valence-electron chi connectivity index (χ2n) is 5.19. The number of sulfonamides is 1. The van der Waals surface area contributed by atoms with Crippen LogP contribution in [0.4, 0.5) is 4.39 Å². The Kier molecular flexibility index (Phi) is 3.88. The van der Waals surface area contributed by atoms with Crippen LogP contribution in [0.15, 0.2) is 39.8 Å². The molecule has 1 N–H and O–H groups in total. The molecule has 0 saturated heterocycles. The van der Waals surface area contributed by atoms with Gasteiger partial charge in [-0.1, -0.05) is 0 Å². The topological polar surface area (TPSA) is 96.7 Å². The molecule has 0 spiro atoms. The SMILES string of the molecule is CN(C(=O)c1coc2c1C(=O)NCC2)S(=O)(=O)c1ccc(F)cc1. The Balaban J connectivity index is 1.97. The molecule has 24 heavy (non-hydrogen) atoms. The predicted octanol–water partition coefficient (Wildman–Crippen LogP) is 1.17. The summed E-state index contributed by atoms with van der Waals surface area (Å²) in [5.41, 5.74) is -0.0807. The van der Waals surface area contributed by atoms with E-state index in [1.807, 2.05) is 0 Å². The summed E-state index contributed by atoms with van der Waals surface area (Å²) in [6, 6.07) is 4.09. The van der Waals surface area contributed by atoms with Gasteiger partial charge in [0, 0.05) is 20.0 Å². The van der Waals surface area contributed by atoms with E-state index in [9.17, 15) is 22.4 Å². The summed E-state index contributed by atoms with van der Waals surface area (Å²) in [6.45, 7) is 0.386. The molecular formula is C15H13FN2O5S. The first-order chi connectivity index (χ1) is 11.3. The number of nitrogens with one attached hydrogen (secondary N) is 1. The summed E-state index contributed by atoms with van der Waals surface area (Å²) in [6.07, 6.45) is 1.50. The fraction of sp³-hybridized carbons (Fsp3) is 0.200. The molecule has 2 heterocycles. The highest BCUT2D eigenvalue weighted by atomic mass is 32.2. The first-order valence-electron chi connectivity index (χ1n) is 7.00. The number of carbonyl (C=O) groups is 2. The number of nitrogens with zero attached hydrogens (tertiary/aromatic N) is 1. The third kappa shape index (κ3) is 2.56. The summed E-state index contributed by atoms with van der Waals surface area (Å²) >= 11 is 0. The minimum Gasteiger partial charge on any atom is -0.468 e. The van der Waals surface area contributed by atoms with Crippen LogP contribution in [0.5, 0.6) is 0 Å². The lowest BCUT2D eigenvalue weighted by Gasteiger charge is -2.18. The molecule has 1 aliphatic rings. The summed E-state index contributed by atoms with van der Waals surface area (Å²) in [5, 5.41) is 2.57. The molecule has 0 fully saturated rings. The van der Waals surface area contributed by atoms with Crippen LogP contribution in [0, 0.1) is 5.82 Å². The van der Waals surface area contributed by atoms with Crippen LogP contribution in [-0.4, -0.2) is 38.1 Å². The molecule has 2 amide bonds. The monoisotopic (exact) mass is 352 g/mol. The predicted molar refractivity (Wildman–Crippen MR) is 80.4 cm³/mol. The molecule has 0 bridgehead atoms. The number of furan rings is 1. The fourth-order valence-electron chi connectivity index (χ4n) is 2.41. The van der Waals surface area contributed by atoms with E-state index in [0.717, 1.165) is 37.6 Å². The zero-order valence-corrected chi connectivity index (χ0v) is 13.4. The zero-order valence-electron chi connectivity index (χ0n) is 12.6. The van der Waals surface area contributed by atoms with Crippen LogP contribution in [0.3, 0.4) is 0 Å². The lowest BCUT2D eigenvalue weighted by molar-refractivity contribution is 0.0867. The van der Waals surface area contributed by atoms with Gasteiger partial charge in [-0.2, -0.15) is 0 Å². The van der Waals surface area contributed by atoms with E-state index in [4.69, 9.17) is 4.42 Å². The lowest BCUT2D eigenvalue weighted by atomic mass is 10.0. The van der Waals surface area contributed by atoms with Gasteiger partial charge in [0.1, 0.15) is 17.8 Å². The van der Waals surface area contributed by atoms with Crippen molar-refractivity contribution in [2.24, 2.45) is 0 Å². The van der Waals surface area contributed by atoms with Crippen molar-refractivity contribution in [2.75, 3.05) is 13.6 Å². The molecule has 9 heteroatoms. The van der Waals surface area contributed by atoms with Crippen molar-refractivity contribution in [1.82, 2.24) is 9.62 Å². The highest BCUT2D eigenvalue weighted by molar-refractivity contribution is 7.89. The van der Waals surface area contributed by atoms with Crippen molar-refractivity contribution in [1.29, 1.82) is 0 Å². The number of fused-ring (bicyclic) bond motifs is 1. The molecular weight excluding hydrogens is 339 g/mol. The van der Waals surface area contributed by atoms with E-state index < -0.39 is 27.7 Å². The van der Waals surface area contributed by atoms with E-state index >= 15 is 0 Å². The number of halogens is 1. The number of carbonyl (C=O) groups excluding carboxylic acids is 2. The molecule has 1 aliphatic heterocycles. The molecule has 0 radical (unpaired) electrons. The summed E-state index contributed by atoms with van der Waals surface area (Å²) in [4.78, 5) is 24.2. The van der Waals surface area contributed by atoms with Crippen molar-refractivity contribution in [3.8, 4) is 0 Å². The van der Waals surface area contributed by atoms with Gasteiger partial charge in [0.05, 0.1) is 16.0 Å². The Labute approximate surface area is 137 Å². The lowest BCUT2D eigenvalue weighted by Crippen LogP contribution is -2.36. The molecule has 0 saturated carbocycles. The highest BCUT2D eigenvalue weighted by Crippen LogP contribution is 2.24. The highest BCUT2D eigenvalue weighted by Gasteiger charge is 2.33. The molecule has 0 atom stereocenters. The Morgan fingerprint density at radius 1 is 1.29 bits per heavy atom. The van der Waals surface area contributed by atoms with Crippen LogP contribution >= 0.6 is 0 Å². The maximum atomic E-state index is 13.0. The van der Waals surface area contributed by atoms with Gasteiger partial charge in [-0.15, -0.1) is 0 Å². The number of rotatable bonds is 3. The minimum absolute atomic E-state index is 0.0485. The van der Waals surface area contributed by atoms with E-state index in [2.05, 4.69) is 5.32 Å². The minimum atomic E-state index is -4.18. The normalized spacial score (nSPS) is 14.0. The molecule has 0 unspecified atom stereocenters. The van der Waals surface area contributed by atoms with Gasteiger partial charge in [0.25, 0.3) is 21.8 Å². The Hall–Kier alpha value is -2.68. The van der Waals surface area contributed by atoms with E-state index in [0.29, 0.717) is 23.0 Å². The van der Waals surface area contributed by atoms with E-state index in [-0.39, 0.29) is 16.0 Å².